The van der Waals surface area contributed by atoms with Crippen molar-refractivity contribution in [3.05, 3.63) is 88.7 Å². The average Bonchev–Trinajstić information content (AvgIpc) is 3.15. The Morgan fingerprint density at radius 3 is 2.30 bits per heavy atom. The van der Waals surface area contributed by atoms with E-state index in [9.17, 15) is 4.79 Å². The SMILES string of the molecule is Cc1cc(/C=C2\SC(=Nc3ccccc3)N(c3ccccc3)C2=O)c(C)o1. The second-order valence-electron chi connectivity index (χ2n) is 6.19. The summed E-state index contributed by atoms with van der Waals surface area (Å²) in [4.78, 5) is 20.1. The van der Waals surface area contributed by atoms with Gasteiger partial charge in [-0.25, -0.2) is 4.99 Å². The van der Waals surface area contributed by atoms with E-state index < -0.39 is 0 Å². The zero-order valence-corrected chi connectivity index (χ0v) is 15.9. The van der Waals surface area contributed by atoms with Crippen LogP contribution < -0.4 is 4.90 Å². The first-order valence-corrected chi connectivity index (χ1v) is 9.43. The number of hydrogen-bond acceptors (Lipinski definition) is 4. The van der Waals surface area contributed by atoms with Gasteiger partial charge in [-0.3, -0.25) is 9.69 Å². The third-order valence-corrected chi connectivity index (χ3v) is 5.14. The monoisotopic (exact) mass is 374 g/mol. The van der Waals surface area contributed by atoms with Gasteiger partial charge in [0.25, 0.3) is 5.91 Å². The molecule has 0 saturated carbocycles. The third kappa shape index (κ3) is 3.59. The average molecular weight is 374 g/mol. The van der Waals surface area contributed by atoms with E-state index in [1.807, 2.05) is 86.7 Å². The maximum Gasteiger partial charge on any atom is 0.271 e. The van der Waals surface area contributed by atoms with E-state index in [0.29, 0.717) is 10.1 Å². The molecule has 4 rings (SSSR count). The molecule has 2 heterocycles. The van der Waals surface area contributed by atoms with Crippen molar-refractivity contribution in [1.82, 2.24) is 0 Å². The zero-order chi connectivity index (χ0) is 18.8. The van der Waals surface area contributed by atoms with Crippen molar-refractivity contribution in [2.24, 2.45) is 4.99 Å². The van der Waals surface area contributed by atoms with Crippen molar-refractivity contribution in [3.63, 3.8) is 0 Å². The molecule has 0 bridgehead atoms. The Balaban J connectivity index is 1.78. The number of nitrogens with zero attached hydrogens (tertiary/aromatic N) is 2. The lowest BCUT2D eigenvalue weighted by Crippen LogP contribution is -2.28. The number of aliphatic imine (C=N–C) groups is 1. The Morgan fingerprint density at radius 2 is 1.67 bits per heavy atom. The number of furan rings is 1. The van der Waals surface area contributed by atoms with E-state index in [0.717, 1.165) is 28.5 Å². The van der Waals surface area contributed by atoms with Crippen LogP contribution in [0.15, 0.2) is 81.0 Å². The van der Waals surface area contributed by atoms with Crippen LogP contribution >= 0.6 is 11.8 Å². The molecule has 0 spiro atoms. The highest BCUT2D eigenvalue weighted by Gasteiger charge is 2.34. The highest BCUT2D eigenvalue weighted by atomic mass is 32.2. The first kappa shape index (κ1) is 17.4. The molecular formula is C22H18N2O2S. The molecule has 0 unspecified atom stereocenters. The predicted molar refractivity (Wildman–Crippen MR) is 111 cm³/mol. The highest BCUT2D eigenvalue weighted by molar-refractivity contribution is 8.19. The van der Waals surface area contributed by atoms with Gasteiger partial charge in [-0.1, -0.05) is 36.4 Å². The van der Waals surface area contributed by atoms with Crippen molar-refractivity contribution in [2.75, 3.05) is 4.90 Å². The van der Waals surface area contributed by atoms with Crippen LogP contribution in [0, 0.1) is 13.8 Å². The maximum absolute atomic E-state index is 13.2. The van der Waals surface area contributed by atoms with Gasteiger partial charge in [0.05, 0.1) is 16.3 Å². The Bertz CT molecular complexity index is 1040. The fourth-order valence-electron chi connectivity index (χ4n) is 2.90. The quantitative estimate of drug-likeness (QED) is 0.552. The normalized spacial score (nSPS) is 17.3. The van der Waals surface area contributed by atoms with E-state index in [2.05, 4.69) is 0 Å². The lowest BCUT2D eigenvalue weighted by atomic mass is 10.2. The smallest absolute Gasteiger partial charge is 0.271 e. The summed E-state index contributed by atoms with van der Waals surface area (Å²) < 4.78 is 5.59. The van der Waals surface area contributed by atoms with Gasteiger partial charge >= 0.3 is 0 Å². The summed E-state index contributed by atoms with van der Waals surface area (Å²) in [5.74, 6) is 1.54. The van der Waals surface area contributed by atoms with Crippen LogP contribution in [0.3, 0.4) is 0 Å². The Hall–Kier alpha value is -3.05. The van der Waals surface area contributed by atoms with Gasteiger partial charge < -0.3 is 4.42 Å². The zero-order valence-electron chi connectivity index (χ0n) is 15.0. The Morgan fingerprint density at radius 1 is 1.00 bits per heavy atom. The Labute approximate surface area is 162 Å². The van der Waals surface area contributed by atoms with E-state index in [-0.39, 0.29) is 5.91 Å². The van der Waals surface area contributed by atoms with Crippen LogP contribution in [0.5, 0.6) is 0 Å². The van der Waals surface area contributed by atoms with Gasteiger partial charge in [-0.05, 0) is 62.0 Å². The minimum absolute atomic E-state index is 0.0841. The Kier molecular flexibility index (Phi) is 4.69. The van der Waals surface area contributed by atoms with Crippen molar-refractivity contribution in [1.29, 1.82) is 0 Å². The van der Waals surface area contributed by atoms with Crippen molar-refractivity contribution >= 4 is 40.3 Å². The third-order valence-electron chi connectivity index (χ3n) is 4.17. The minimum atomic E-state index is -0.0841. The van der Waals surface area contributed by atoms with E-state index in [1.54, 1.807) is 4.90 Å². The molecule has 3 aromatic rings. The molecule has 1 fully saturated rings. The molecule has 134 valence electrons. The molecule has 1 aliphatic heterocycles. The van der Waals surface area contributed by atoms with E-state index in [4.69, 9.17) is 9.41 Å². The van der Waals surface area contributed by atoms with E-state index in [1.165, 1.54) is 11.8 Å². The molecule has 1 aromatic heterocycles. The summed E-state index contributed by atoms with van der Waals surface area (Å²) in [6.07, 6.45) is 1.88. The summed E-state index contributed by atoms with van der Waals surface area (Å²) in [5.41, 5.74) is 2.52. The van der Waals surface area contributed by atoms with Crippen LogP contribution in [-0.4, -0.2) is 11.1 Å². The number of amides is 1. The summed E-state index contributed by atoms with van der Waals surface area (Å²) in [5, 5.41) is 0.640. The number of aryl methyl sites for hydroxylation is 2. The van der Waals surface area contributed by atoms with Gasteiger partial charge in [0, 0.05) is 5.56 Å². The number of amidine groups is 1. The fraction of sp³-hybridized carbons (Fsp3) is 0.0909. The van der Waals surface area contributed by atoms with Gasteiger partial charge in [0.15, 0.2) is 5.17 Å². The molecule has 0 atom stereocenters. The number of carbonyl (C=O) groups is 1. The maximum atomic E-state index is 13.2. The van der Waals surface area contributed by atoms with Crippen molar-refractivity contribution in [3.8, 4) is 0 Å². The van der Waals surface area contributed by atoms with Crippen molar-refractivity contribution in [2.45, 2.75) is 13.8 Å². The van der Waals surface area contributed by atoms with Crippen LogP contribution in [0.4, 0.5) is 11.4 Å². The lowest BCUT2D eigenvalue weighted by molar-refractivity contribution is -0.113. The lowest BCUT2D eigenvalue weighted by Gasteiger charge is -2.15. The number of thioether (sulfide) groups is 1. The van der Waals surface area contributed by atoms with E-state index >= 15 is 0 Å². The number of rotatable bonds is 3. The second kappa shape index (κ2) is 7.29. The van der Waals surface area contributed by atoms with Gasteiger partial charge in [0.2, 0.25) is 0 Å². The molecule has 27 heavy (non-hydrogen) atoms. The summed E-state index contributed by atoms with van der Waals surface area (Å²) in [6, 6.07) is 21.2. The van der Waals surface area contributed by atoms with Gasteiger partial charge in [0.1, 0.15) is 11.5 Å². The van der Waals surface area contributed by atoms with Crippen LogP contribution in [0.2, 0.25) is 0 Å². The number of benzene rings is 2. The molecule has 2 aromatic carbocycles. The number of hydrogen-bond donors (Lipinski definition) is 0. The van der Waals surface area contributed by atoms with Gasteiger partial charge in [-0.15, -0.1) is 0 Å². The first-order chi connectivity index (χ1) is 13.1. The largest absolute Gasteiger partial charge is 0.466 e. The number of para-hydroxylation sites is 2. The second-order valence-corrected chi connectivity index (χ2v) is 7.19. The molecule has 1 amide bonds. The molecule has 0 N–H and O–H groups in total. The number of anilines is 1. The first-order valence-electron chi connectivity index (χ1n) is 8.61. The summed E-state index contributed by atoms with van der Waals surface area (Å²) in [7, 11) is 0. The molecule has 1 saturated heterocycles. The summed E-state index contributed by atoms with van der Waals surface area (Å²) >= 11 is 1.38. The van der Waals surface area contributed by atoms with Crippen LogP contribution in [-0.2, 0) is 4.79 Å². The van der Waals surface area contributed by atoms with Crippen molar-refractivity contribution < 1.29 is 9.21 Å². The van der Waals surface area contributed by atoms with Crippen LogP contribution in [0.25, 0.3) is 6.08 Å². The molecule has 0 aliphatic carbocycles. The molecule has 5 heteroatoms. The molecular weight excluding hydrogens is 356 g/mol. The predicted octanol–water partition coefficient (Wildman–Crippen LogP) is 5.71. The molecule has 4 nitrogen and oxygen atoms in total. The molecule has 1 aliphatic rings. The van der Waals surface area contributed by atoms with Gasteiger partial charge in [-0.2, -0.15) is 0 Å². The number of carbonyl (C=O) groups excluding carboxylic acids is 1. The summed E-state index contributed by atoms with van der Waals surface area (Å²) in [6.45, 7) is 3.80. The molecule has 0 radical (unpaired) electrons. The fourth-order valence-corrected chi connectivity index (χ4v) is 3.89. The highest BCUT2D eigenvalue weighted by Crippen LogP contribution is 2.37. The van der Waals surface area contributed by atoms with Crippen LogP contribution in [0.1, 0.15) is 17.1 Å². The minimum Gasteiger partial charge on any atom is -0.466 e. The standard InChI is InChI=1S/C22H18N2O2S/c1-15-13-17(16(2)26-15)14-20-21(25)24(19-11-7-4-8-12-19)22(27-20)23-18-9-5-3-6-10-18/h3-14H,1-2H3/b20-14-,23-22?. The topological polar surface area (TPSA) is 45.8 Å².